The lowest BCUT2D eigenvalue weighted by Gasteiger charge is -2.09. The van der Waals surface area contributed by atoms with E-state index >= 15 is 0 Å². The maximum absolute atomic E-state index is 14.4. The smallest absolute Gasteiger partial charge is 0.232 e. The second-order valence-electron chi connectivity index (χ2n) is 4.93. The minimum absolute atomic E-state index is 0.165. The van der Waals surface area contributed by atoms with Crippen LogP contribution in [0.15, 0.2) is 30.5 Å². The summed E-state index contributed by atoms with van der Waals surface area (Å²) in [5.74, 6) is 3.10. The van der Waals surface area contributed by atoms with Crippen molar-refractivity contribution in [1.29, 1.82) is 0 Å². The summed E-state index contributed by atoms with van der Waals surface area (Å²) in [5, 5.41) is 0. The Kier molecular flexibility index (Phi) is 5.36. The number of nitrogen functional groups attached to an aromatic ring is 1. The van der Waals surface area contributed by atoms with Crippen molar-refractivity contribution in [2.24, 2.45) is 0 Å². The molecule has 1 heterocycles. The standard InChI is InChI=1S/C16H15F2N3O2S/c1-2-9-24(22,23)21-14-7-6-13(17)12(16(14)18)5-3-11-4-8-15(19)20-10-11/h4,6-8,10,21H,2,9H2,1H3,(H2,19,20). The van der Waals surface area contributed by atoms with Crippen molar-refractivity contribution in [1.82, 2.24) is 4.98 Å². The SMILES string of the molecule is CCCS(=O)(=O)Nc1ccc(F)c(C#Cc2ccc(N)nc2)c1F. The van der Waals surface area contributed by atoms with E-state index in [2.05, 4.69) is 21.5 Å². The Morgan fingerprint density at radius 2 is 1.96 bits per heavy atom. The summed E-state index contributed by atoms with van der Waals surface area (Å²) in [6, 6.07) is 5.04. The highest BCUT2D eigenvalue weighted by atomic mass is 32.2. The van der Waals surface area contributed by atoms with Crippen LogP contribution in [0.25, 0.3) is 0 Å². The molecule has 3 N–H and O–H groups in total. The summed E-state index contributed by atoms with van der Waals surface area (Å²) in [7, 11) is -3.69. The van der Waals surface area contributed by atoms with E-state index < -0.39 is 27.2 Å². The molecule has 8 heteroatoms. The fraction of sp³-hybridized carbons (Fsp3) is 0.188. The van der Waals surface area contributed by atoms with Crippen LogP contribution in [0, 0.1) is 23.5 Å². The van der Waals surface area contributed by atoms with E-state index in [4.69, 9.17) is 5.73 Å². The molecule has 0 radical (unpaired) electrons. The fourth-order valence-corrected chi connectivity index (χ4v) is 2.98. The van der Waals surface area contributed by atoms with Gasteiger partial charge in [0.05, 0.1) is 17.0 Å². The summed E-state index contributed by atoms with van der Waals surface area (Å²) in [6.45, 7) is 1.68. The number of hydrogen-bond donors (Lipinski definition) is 2. The fourth-order valence-electron chi connectivity index (χ4n) is 1.85. The van der Waals surface area contributed by atoms with E-state index in [1.165, 1.54) is 12.3 Å². The molecule has 0 aliphatic carbocycles. The Morgan fingerprint density at radius 1 is 1.21 bits per heavy atom. The lowest BCUT2D eigenvalue weighted by molar-refractivity contribution is 0.577. The van der Waals surface area contributed by atoms with Crippen molar-refractivity contribution in [3.05, 3.63) is 53.2 Å². The van der Waals surface area contributed by atoms with Gasteiger partial charge in [-0.05, 0) is 30.7 Å². The summed E-state index contributed by atoms with van der Waals surface area (Å²) in [5.41, 5.74) is 4.99. The third-order valence-electron chi connectivity index (χ3n) is 2.95. The molecule has 0 saturated carbocycles. The van der Waals surface area contributed by atoms with Gasteiger partial charge in [-0.3, -0.25) is 4.72 Å². The molecule has 24 heavy (non-hydrogen) atoms. The first-order valence-corrected chi connectivity index (χ1v) is 8.69. The average Bonchev–Trinajstić information content (AvgIpc) is 2.51. The Morgan fingerprint density at radius 3 is 2.58 bits per heavy atom. The number of nitrogens with zero attached hydrogens (tertiary/aromatic N) is 1. The van der Waals surface area contributed by atoms with Crippen molar-refractivity contribution in [2.45, 2.75) is 13.3 Å². The molecule has 5 nitrogen and oxygen atoms in total. The number of rotatable bonds is 4. The Labute approximate surface area is 139 Å². The van der Waals surface area contributed by atoms with E-state index in [1.54, 1.807) is 13.0 Å². The van der Waals surface area contributed by atoms with E-state index in [1.807, 2.05) is 0 Å². The van der Waals surface area contributed by atoms with Crippen LogP contribution in [0.4, 0.5) is 20.3 Å². The van der Waals surface area contributed by atoms with Crippen LogP contribution in [0.2, 0.25) is 0 Å². The number of halogens is 2. The first-order chi connectivity index (χ1) is 11.3. The molecule has 0 saturated heterocycles. The molecule has 0 spiro atoms. The van der Waals surface area contributed by atoms with Gasteiger partial charge in [0.25, 0.3) is 0 Å². The molecule has 0 aliphatic rings. The minimum atomic E-state index is -3.69. The number of pyridine rings is 1. The summed E-state index contributed by atoms with van der Waals surface area (Å²) >= 11 is 0. The van der Waals surface area contributed by atoms with Crippen molar-refractivity contribution < 1.29 is 17.2 Å². The molecule has 0 amide bonds. The van der Waals surface area contributed by atoms with Crippen LogP contribution in [-0.4, -0.2) is 19.2 Å². The van der Waals surface area contributed by atoms with Crippen LogP contribution in [-0.2, 0) is 10.0 Å². The van der Waals surface area contributed by atoms with Crippen LogP contribution in [0.1, 0.15) is 24.5 Å². The number of aromatic nitrogens is 1. The van der Waals surface area contributed by atoms with Gasteiger partial charge in [0, 0.05) is 11.8 Å². The number of sulfonamides is 1. The number of hydrogen-bond acceptors (Lipinski definition) is 4. The molecule has 2 rings (SSSR count). The predicted octanol–water partition coefficient (Wildman–Crippen LogP) is 2.49. The first kappa shape index (κ1) is 17.7. The van der Waals surface area contributed by atoms with E-state index in [0.29, 0.717) is 17.8 Å². The largest absolute Gasteiger partial charge is 0.384 e. The van der Waals surface area contributed by atoms with Gasteiger partial charge in [0.1, 0.15) is 11.6 Å². The Hall–Kier alpha value is -2.66. The summed E-state index contributed by atoms with van der Waals surface area (Å²) in [6.07, 6.45) is 1.74. The second-order valence-corrected chi connectivity index (χ2v) is 6.77. The lowest BCUT2D eigenvalue weighted by atomic mass is 10.1. The van der Waals surface area contributed by atoms with Gasteiger partial charge < -0.3 is 5.73 Å². The Balaban J connectivity index is 2.38. The first-order valence-electron chi connectivity index (χ1n) is 7.04. The summed E-state index contributed by atoms with van der Waals surface area (Å²) < 4.78 is 53.7. The molecule has 0 fully saturated rings. The number of anilines is 2. The zero-order chi connectivity index (χ0) is 17.7. The number of nitrogens with two attached hydrogens (primary N) is 1. The van der Waals surface area contributed by atoms with Gasteiger partial charge in [0.15, 0.2) is 5.82 Å². The quantitative estimate of drug-likeness (QED) is 0.829. The third kappa shape index (κ3) is 4.43. The van der Waals surface area contributed by atoms with Crippen molar-refractivity contribution in [3.63, 3.8) is 0 Å². The van der Waals surface area contributed by atoms with Gasteiger partial charge in [-0.15, -0.1) is 0 Å². The third-order valence-corrected chi connectivity index (χ3v) is 4.42. The zero-order valence-electron chi connectivity index (χ0n) is 12.8. The van der Waals surface area contributed by atoms with Crippen LogP contribution in [0.5, 0.6) is 0 Å². The lowest BCUT2D eigenvalue weighted by Crippen LogP contribution is -2.17. The predicted molar refractivity (Wildman–Crippen MR) is 88.7 cm³/mol. The van der Waals surface area contributed by atoms with E-state index in [9.17, 15) is 17.2 Å². The zero-order valence-corrected chi connectivity index (χ0v) is 13.6. The van der Waals surface area contributed by atoms with Crippen molar-refractivity contribution >= 4 is 21.5 Å². The van der Waals surface area contributed by atoms with E-state index in [0.717, 1.165) is 12.1 Å². The van der Waals surface area contributed by atoms with Crippen LogP contribution < -0.4 is 10.5 Å². The van der Waals surface area contributed by atoms with Gasteiger partial charge in [-0.25, -0.2) is 22.2 Å². The maximum atomic E-state index is 14.4. The second kappa shape index (κ2) is 7.27. The van der Waals surface area contributed by atoms with Gasteiger partial charge in [-0.2, -0.15) is 0 Å². The minimum Gasteiger partial charge on any atom is -0.384 e. The summed E-state index contributed by atoms with van der Waals surface area (Å²) in [4.78, 5) is 3.82. The molecule has 126 valence electrons. The Bertz CT molecular complexity index is 901. The monoisotopic (exact) mass is 351 g/mol. The van der Waals surface area contributed by atoms with Crippen molar-refractivity contribution in [3.8, 4) is 11.8 Å². The molecular formula is C16H15F2N3O2S. The molecule has 0 atom stereocenters. The van der Waals surface area contributed by atoms with E-state index in [-0.39, 0.29) is 11.4 Å². The normalized spacial score (nSPS) is 10.8. The maximum Gasteiger partial charge on any atom is 0.232 e. The van der Waals surface area contributed by atoms with Gasteiger partial charge in [-0.1, -0.05) is 18.8 Å². The van der Waals surface area contributed by atoms with Gasteiger partial charge in [0.2, 0.25) is 10.0 Å². The highest BCUT2D eigenvalue weighted by molar-refractivity contribution is 7.92. The number of nitrogens with one attached hydrogen (secondary N) is 1. The number of benzene rings is 1. The average molecular weight is 351 g/mol. The van der Waals surface area contributed by atoms with Gasteiger partial charge >= 0.3 is 0 Å². The molecule has 0 unspecified atom stereocenters. The molecular weight excluding hydrogens is 336 g/mol. The highest BCUT2D eigenvalue weighted by Gasteiger charge is 2.16. The molecule has 2 aromatic rings. The molecule has 1 aromatic heterocycles. The molecule has 0 aliphatic heterocycles. The molecule has 1 aromatic carbocycles. The van der Waals surface area contributed by atoms with Crippen LogP contribution in [0.3, 0.4) is 0 Å². The topological polar surface area (TPSA) is 85.1 Å². The van der Waals surface area contributed by atoms with Crippen molar-refractivity contribution in [2.75, 3.05) is 16.2 Å². The van der Waals surface area contributed by atoms with Crippen LogP contribution >= 0.6 is 0 Å². The highest BCUT2D eigenvalue weighted by Crippen LogP contribution is 2.22. The molecule has 0 bridgehead atoms.